The van der Waals surface area contributed by atoms with Gasteiger partial charge < -0.3 is 19.4 Å². The van der Waals surface area contributed by atoms with Gasteiger partial charge in [-0.2, -0.15) is 0 Å². The van der Waals surface area contributed by atoms with Crippen molar-refractivity contribution >= 4 is 16.9 Å². The number of nitrogens with zero attached hydrogens (tertiary/aromatic N) is 3. The summed E-state index contributed by atoms with van der Waals surface area (Å²) in [6, 6.07) is 13.4. The predicted octanol–water partition coefficient (Wildman–Crippen LogP) is 1.93. The number of hydrogen-bond acceptors (Lipinski definition) is 6. The van der Waals surface area contributed by atoms with Gasteiger partial charge >= 0.3 is 0 Å². The van der Waals surface area contributed by atoms with Gasteiger partial charge in [-0.3, -0.25) is 14.5 Å². The molecule has 3 heterocycles. The average Bonchev–Trinajstić information content (AvgIpc) is 3.26. The van der Waals surface area contributed by atoms with Gasteiger partial charge in [-0.05, 0) is 29.8 Å². The Hall–Kier alpha value is -3.39. The summed E-state index contributed by atoms with van der Waals surface area (Å²) in [5.41, 5.74) is 2.81. The number of fused-ring (bicyclic) bond motifs is 2. The van der Waals surface area contributed by atoms with E-state index in [-0.39, 0.29) is 24.7 Å². The molecule has 3 aromatic rings. The van der Waals surface area contributed by atoms with Gasteiger partial charge in [-0.15, -0.1) is 0 Å². The summed E-state index contributed by atoms with van der Waals surface area (Å²) >= 11 is 0. The standard InChI is InChI=1S/C23H24N4O4/c28-22(8-6-19-23(29)25-18-4-2-1-3-17(18)24-19)27-11-9-26(10-12-27)14-16-5-7-20-21(13-16)31-15-30-20/h1-5,7,13H,6,8-12,14-15H2,(H,25,29). The summed E-state index contributed by atoms with van der Waals surface area (Å²) in [6.07, 6.45) is 0.632. The molecule has 1 aromatic heterocycles. The van der Waals surface area contributed by atoms with E-state index >= 15 is 0 Å². The van der Waals surface area contributed by atoms with Gasteiger partial charge in [0.05, 0.1) is 11.0 Å². The van der Waals surface area contributed by atoms with Crippen LogP contribution >= 0.6 is 0 Å². The zero-order valence-corrected chi connectivity index (χ0v) is 17.2. The molecule has 1 fully saturated rings. The summed E-state index contributed by atoms with van der Waals surface area (Å²) in [4.78, 5) is 36.4. The van der Waals surface area contributed by atoms with Crippen LogP contribution in [0.3, 0.4) is 0 Å². The van der Waals surface area contributed by atoms with Crippen molar-refractivity contribution in [3.63, 3.8) is 0 Å². The molecule has 0 saturated carbocycles. The van der Waals surface area contributed by atoms with Crippen LogP contribution in [0.4, 0.5) is 0 Å². The lowest BCUT2D eigenvalue weighted by molar-refractivity contribution is -0.133. The highest BCUT2D eigenvalue weighted by Crippen LogP contribution is 2.32. The van der Waals surface area contributed by atoms with Crippen molar-refractivity contribution in [2.24, 2.45) is 0 Å². The predicted molar refractivity (Wildman–Crippen MR) is 115 cm³/mol. The summed E-state index contributed by atoms with van der Waals surface area (Å²) in [6.45, 7) is 4.09. The second-order valence-electron chi connectivity index (χ2n) is 7.87. The fraction of sp³-hybridized carbons (Fsp3) is 0.348. The fourth-order valence-corrected chi connectivity index (χ4v) is 4.07. The molecule has 1 saturated heterocycles. The average molecular weight is 420 g/mol. The van der Waals surface area contributed by atoms with Crippen molar-refractivity contribution in [1.29, 1.82) is 0 Å². The lowest BCUT2D eigenvalue weighted by Crippen LogP contribution is -2.48. The molecule has 2 aliphatic rings. The van der Waals surface area contributed by atoms with Gasteiger partial charge in [-0.1, -0.05) is 18.2 Å². The van der Waals surface area contributed by atoms with E-state index in [0.717, 1.165) is 36.6 Å². The molecule has 0 spiro atoms. The molecule has 2 aromatic carbocycles. The van der Waals surface area contributed by atoms with Crippen LogP contribution < -0.4 is 15.0 Å². The number of carbonyl (C=O) groups excluding carboxylic acids is 1. The van der Waals surface area contributed by atoms with Crippen LogP contribution in [0.2, 0.25) is 0 Å². The monoisotopic (exact) mass is 420 g/mol. The minimum absolute atomic E-state index is 0.0667. The number of nitrogens with one attached hydrogen (secondary N) is 1. The van der Waals surface area contributed by atoms with Gasteiger partial charge in [0.25, 0.3) is 5.56 Å². The quantitative estimate of drug-likeness (QED) is 0.679. The SMILES string of the molecule is O=C(CCc1nc2ccccc2[nH]c1=O)N1CCN(Cc2ccc3c(c2)OCO3)CC1. The molecule has 1 amide bonds. The maximum absolute atomic E-state index is 12.7. The number of amides is 1. The van der Waals surface area contributed by atoms with Crippen LogP contribution in [0.5, 0.6) is 11.5 Å². The van der Waals surface area contributed by atoms with Crippen LogP contribution in [-0.2, 0) is 17.8 Å². The first kappa shape index (κ1) is 19.6. The van der Waals surface area contributed by atoms with E-state index in [1.54, 1.807) is 0 Å². The minimum atomic E-state index is -0.222. The molecule has 1 N–H and O–H groups in total. The highest BCUT2D eigenvalue weighted by Gasteiger charge is 2.22. The van der Waals surface area contributed by atoms with Crippen molar-refractivity contribution in [1.82, 2.24) is 19.8 Å². The Balaban J connectivity index is 1.13. The Morgan fingerprint density at radius 1 is 1.03 bits per heavy atom. The Bertz CT molecular complexity index is 1170. The van der Waals surface area contributed by atoms with E-state index < -0.39 is 0 Å². The van der Waals surface area contributed by atoms with Crippen molar-refractivity contribution < 1.29 is 14.3 Å². The molecule has 0 bridgehead atoms. The Labute approximate surface area is 179 Å². The number of rotatable bonds is 5. The Morgan fingerprint density at radius 3 is 2.71 bits per heavy atom. The molecule has 160 valence electrons. The number of piperazine rings is 1. The molecule has 0 atom stereocenters. The zero-order valence-electron chi connectivity index (χ0n) is 17.2. The topological polar surface area (TPSA) is 87.8 Å². The number of hydrogen-bond donors (Lipinski definition) is 1. The van der Waals surface area contributed by atoms with Gasteiger partial charge in [0.15, 0.2) is 11.5 Å². The van der Waals surface area contributed by atoms with Gasteiger partial charge in [-0.25, -0.2) is 4.98 Å². The normalized spacial score (nSPS) is 16.1. The molecule has 5 rings (SSSR count). The fourth-order valence-electron chi connectivity index (χ4n) is 4.07. The van der Waals surface area contributed by atoms with Crippen molar-refractivity contribution in [2.75, 3.05) is 33.0 Å². The molecule has 8 heteroatoms. The summed E-state index contributed by atoms with van der Waals surface area (Å²) in [7, 11) is 0. The van der Waals surface area contributed by atoms with E-state index in [2.05, 4.69) is 20.9 Å². The van der Waals surface area contributed by atoms with Crippen molar-refractivity contribution in [3.8, 4) is 11.5 Å². The summed E-state index contributed by atoms with van der Waals surface area (Å²) < 4.78 is 10.8. The van der Waals surface area contributed by atoms with Gasteiger partial charge in [0.1, 0.15) is 5.69 Å². The molecule has 0 radical (unpaired) electrons. The second kappa shape index (κ2) is 8.39. The third-order valence-electron chi connectivity index (χ3n) is 5.81. The number of ether oxygens (including phenoxy) is 2. The molecule has 0 aliphatic carbocycles. The molecular weight excluding hydrogens is 396 g/mol. The van der Waals surface area contributed by atoms with Gasteiger partial charge in [0.2, 0.25) is 12.7 Å². The molecular formula is C23H24N4O4. The summed E-state index contributed by atoms with van der Waals surface area (Å²) in [5.74, 6) is 1.65. The maximum Gasteiger partial charge on any atom is 0.270 e. The van der Waals surface area contributed by atoms with E-state index in [0.29, 0.717) is 30.7 Å². The molecule has 2 aliphatic heterocycles. The van der Waals surface area contributed by atoms with E-state index in [1.807, 2.05) is 41.3 Å². The highest BCUT2D eigenvalue weighted by molar-refractivity contribution is 5.77. The van der Waals surface area contributed by atoms with Crippen LogP contribution in [0.15, 0.2) is 47.3 Å². The lowest BCUT2D eigenvalue weighted by atomic mass is 10.1. The van der Waals surface area contributed by atoms with E-state index in [4.69, 9.17) is 9.47 Å². The van der Waals surface area contributed by atoms with Gasteiger partial charge in [0, 0.05) is 45.6 Å². The van der Waals surface area contributed by atoms with Crippen LogP contribution in [-0.4, -0.2) is 58.6 Å². The number of benzene rings is 2. The van der Waals surface area contributed by atoms with Crippen LogP contribution in [0.1, 0.15) is 17.7 Å². The third-order valence-corrected chi connectivity index (χ3v) is 5.81. The number of aryl methyl sites for hydroxylation is 1. The zero-order chi connectivity index (χ0) is 21.2. The smallest absolute Gasteiger partial charge is 0.270 e. The lowest BCUT2D eigenvalue weighted by Gasteiger charge is -2.34. The van der Waals surface area contributed by atoms with Crippen LogP contribution in [0, 0.1) is 0 Å². The number of aromatic nitrogens is 2. The first-order chi connectivity index (χ1) is 15.2. The van der Waals surface area contributed by atoms with Crippen molar-refractivity contribution in [2.45, 2.75) is 19.4 Å². The number of carbonyl (C=O) groups is 1. The number of para-hydroxylation sites is 2. The second-order valence-corrected chi connectivity index (χ2v) is 7.87. The highest BCUT2D eigenvalue weighted by atomic mass is 16.7. The van der Waals surface area contributed by atoms with Crippen LogP contribution in [0.25, 0.3) is 11.0 Å². The molecule has 8 nitrogen and oxygen atoms in total. The Morgan fingerprint density at radius 2 is 1.84 bits per heavy atom. The number of H-pyrrole nitrogens is 1. The first-order valence-electron chi connectivity index (χ1n) is 10.5. The molecule has 0 unspecified atom stereocenters. The van der Waals surface area contributed by atoms with E-state index in [9.17, 15) is 9.59 Å². The molecule has 31 heavy (non-hydrogen) atoms. The third kappa shape index (κ3) is 4.25. The Kier molecular flexibility index (Phi) is 5.30. The van der Waals surface area contributed by atoms with Crippen molar-refractivity contribution in [3.05, 3.63) is 64.1 Å². The minimum Gasteiger partial charge on any atom is -0.454 e. The summed E-state index contributed by atoms with van der Waals surface area (Å²) in [5, 5.41) is 0. The van der Waals surface area contributed by atoms with E-state index in [1.165, 1.54) is 5.56 Å². The largest absolute Gasteiger partial charge is 0.454 e. The first-order valence-corrected chi connectivity index (χ1v) is 10.5. The number of aromatic amines is 1. The maximum atomic E-state index is 12.7.